The number of rotatable bonds is 4. The molecule has 82 valence electrons. The minimum atomic E-state index is 0.625. The Bertz CT molecular complexity index is 356. The molecule has 0 aromatic carbocycles. The molecular formula is C12H19N3. The van der Waals surface area contributed by atoms with E-state index in [1.165, 1.54) is 0 Å². The van der Waals surface area contributed by atoms with Crippen LogP contribution in [0.1, 0.15) is 32.8 Å². The summed E-state index contributed by atoms with van der Waals surface area (Å²) in [5.74, 6) is 0.625. The smallest absolute Gasteiger partial charge is 0.126 e. The molecule has 1 aromatic heterocycles. The number of pyridine rings is 1. The van der Waals surface area contributed by atoms with Gasteiger partial charge in [-0.1, -0.05) is 19.9 Å². The number of hydrogen-bond donors (Lipinski definition) is 2. The van der Waals surface area contributed by atoms with Crippen LogP contribution in [-0.2, 0) is 6.42 Å². The Hall–Kier alpha value is -1.51. The minimum Gasteiger partial charge on any atom is -0.383 e. The lowest BCUT2D eigenvalue weighted by atomic mass is 10.2. The average Bonchev–Trinajstić information content (AvgIpc) is 2.21. The van der Waals surface area contributed by atoms with E-state index in [1.807, 2.05) is 6.92 Å². The van der Waals surface area contributed by atoms with Crippen LogP contribution in [0.4, 0.5) is 11.5 Å². The second-order valence-corrected chi connectivity index (χ2v) is 3.54. The van der Waals surface area contributed by atoms with Crippen LogP contribution in [0.15, 0.2) is 24.0 Å². The van der Waals surface area contributed by atoms with Crippen molar-refractivity contribution in [3.63, 3.8) is 0 Å². The molecule has 0 saturated carbocycles. The van der Waals surface area contributed by atoms with Crippen molar-refractivity contribution >= 4 is 11.5 Å². The third-order valence-corrected chi connectivity index (χ3v) is 2.23. The quantitative estimate of drug-likeness (QED) is 0.794. The summed E-state index contributed by atoms with van der Waals surface area (Å²) in [6.07, 6.45) is 5.84. The highest BCUT2D eigenvalue weighted by atomic mass is 14.9. The van der Waals surface area contributed by atoms with Crippen molar-refractivity contribution in [1.82, 2.24) is 4.98 Å². The number of nitrogens with one attached hydrogen (secondary N) is 1. The molecule has 0 aliphatic carbocycles. The van der Waals surface area contributed by atoms with Crippen LogP contribution < -0.4 is 11.1 Å². The Balaban J connectivity index is 2.83. The highest BCUT2D eigenvalue weighted by molar-refractivity contribution is 5.53. The van der Waals surface area contributed by atoms with Crippen molar-refractivity contribution < 1.29 is 0 Å². The Morgan fingerprint density at radius 1 is 1.53 bits per heavy atom. The van der Waals surface area contributed by atoms with Gasteiger partial charge in [0.1, 0.15) is 5.82 Å². The first-order chi connectivity index (χ1) is 7.17. The second kappa shape index (κ2) is 5.39. The number of nitrogens with zero attached hydrogens (tertiary/aromatic N) is 1. The molecule has 0 unspecified atom stereocenters. The molecule has 0 amide bonds. The van der Waals surface area contributed by atoms with Gasteiger partial charge >= 0.3 is 0 Å². The Morgan fingerprint density at radius 3 is 2.87 bits per heavy atom. The summed E-state index contributed by atoms with van der Waals surface area (Å²) in [6, 6.07) is 2.05. The lowest BCUT2D eigenvalue weighted by Crippen LogP contribution is -2.01. The lowest BCUT2D eigenvalue weighted by molar-refractivity contribution is 1.11. The molecule has 0 spiro atoms. The van der Waals surface area contributed by atoms with Crippen LogP contribution in [0.5, 0.6) is 0 Å². The molecule has 0 aliphatic heterocycles. The van der Waals surface area contributed by atoms with Crippen molar-refractivity contribution in [1.29, 1.82) is 0 Å². The van der Waals surface area contributed by atoms with E-state index in [4.69, 9.17) is 5.73 Å². The van der Waals surface area contributed by atoms with Gasteiger partial charge < -0.3 is 11.1 Å². The summed E-state index contributed by atoms with van der Waals surface area (Å²) < 4.78 is 0. The van der Waals surface area contributed by atoms with Crippen molar-refractivity contribution in [2.45, 2.75) is 33.6 Å². The standard InChI is InChI=1S/C12H19N3/c1-4-6-9(3)15-11-7-10(5-2)12(13)14-8-11/h6-8,15H,4-5H2,1-3H3,(H2,13,14)/b9-6-. The zero-order valence-electron chi connectivity index (χ0n) is 9.67. The third kappa shape index (κ3) is 3.27. The maximum Gasteiger partial charge on any atom is 0.126 e. The zero-order valence-corrected chi connectivity index (χ0v) is 9.67. The summed E-state index contributed by atoms with van der Waals surface area (Å²) in [4.78, 5) is 4.15. The highest BCUT2D eigenvalue weighted by Crippen LogP contribution is 2.16. The van der Waals surface area contributed by atoms with Gasteiger partial charge in [0.25, 0.3) is 0 Å². The van der Waals surface area contributed by atoms with Gasteiger partial charge in [0, 0.05) is 5.70 Å². The topological polar surface area (TPSA) is 50.9 Å². The number of nitrogen functional groups attached to an aromatic ring is 1. The largest absolute Gasteiger partial charge is 0.383 e. The second-order valence-electron chi connectivity index (χ2n) is 3.54. The van der Waals surface area contributed by atoms with E-state index in [-0.39, 0.29) is 0 Å². The molecule has 1 rings (SSSR count). The van der Waals surface area contributed by atoms with E-state index >= 15 is 0 Å². The SMILES string of the molecule is CC/C=C(/C)Nc1cnc(N)c(CC)c1. The van der Waals surface area contributed by atoms with Crippen molar-refractivity contribution in [3.05, 3.63) is 29.6 Å². The third-order valence-electron chi connectivity index (χ3n) is 2.23. The predicted molar refractivity (Wildman–Crippen MR) is 65.7 cm³/mol. The van der Waals surface area contributed by atoms with Gasteiger partial charge in [0.05, 0.1) is 11.9 Å². The maximum absolute atomic E-state index is 5.74. The van der Waals surface area contributed by atoms with Gasteiger partial charge in [-0.2, -0.15) is 0 Å². The van der Waals surface area contributed by atoms with Crippen LogP contribution >= 0.6 is 0 Å². The molecule has 1 heterocycles. The Morgan fingerprint density at radius 2 is 2.27 bits per heavy atom. The van der Waals surface area contributed by atoms with Gasteiger partial charge in [0.2, 0.25) is 0 Å². The minimum absolute atomic E-state index is 0.625. The van der Waals surface area contributed by atoms with E-state index in [2.05, 4.69) is 36.3 Å². The van der Waals surface area contributed by atoms with Gasteiger partial charge in [-0.05, 0) is 31.4 Å². The molecule has 0 atom stereocenters. The number of aromatic nitrogens is 1. The zero-order chi connectivity index (χ0) is 11.3. The summed E-state index contributed by atoms with van der Waals surface area (Å²) in [7, 11) is 0. The van der Waals surface area contributed by atoms with Crippen LogP contribution in [0.3, 0.4) is 0 Å². The van der Waals surface area contributed by atoms with E-state index in [9.17, 15) is 0 Å². The number of nitrogens with two attached hydrogens (primary N) is 1. The first-order valence-corrected chi connectivity index (χ1v) is 5.35. The van der Waals surface area contributed by atoms with E-state index in [1.54, 1.807) is 6.20 Å². The summed E-state index contributed by atoms with van der Waals surface area (Å²) in [5, 5.41) is 3.29. The Labute approximate surface area is 91.4 Å². The summed E-state index contributed by atoms with van der Waals surface area (Å²) in [6.45, 7) is 6.24. The first-order valence-electron chi connectivity index (χ1n) is 5.35. The maximum atomic E-state index is 5.74. The predicted octanol–water partition coefficient (Wildman–Crippen LogP) is 2.95. The molecule has 3 nitrogen and oxygen atoms in total. The van der Waals surface area contributed by atoms with Gasteiger partial charge in [-0.3, -0.25) is 0 Å². The highest BCUT2D eigenvalue weighted by Gasteiger charge is 2.00. The summed E-state index contributed by atoms with van der Waals surface area (Å²) >= 11 is 0. The normalized spacial score (nSPS) is 11.5. The number of allylic oxidation sites excluding steroid dienone is 2. The molecule has 1 aromatic rings. The van der Waals surface area contributed by atoms with Gasteiger partial charge in [0.15, 0.2) is 0 Å². The number of aryl methyl sites for hydroxylation is 1. The van der Waals surface area contributed by atoms with Crippen LogP contribution in [0, 0.1) is 0 Å². The Kier molecular flexibility index (Phi) is 4.16. The fourth-order valence-electron chi connectivity index (χ4n) is 1.46. The van der Waals surface area contributed by atoms with E-state index < -0.39 is 0 Å². The molecule has 3 N–H and O–H groups in total. The molecule has 0 bridgehead atoms. The lowest BCUT2D eigenvalue weighted by Gasteiger charge is -2.09. The molecule has 0 aliphatic rings. The molecule has 0 radical (unpaired) electrons. The van der Waals surface area contributed by atoms with Crippen molar-refractivity contribution in [2.75, 3.05) is 11.1 Å². The van der Waals surface area contributed by atoms with Crippen LogP contribution in [-0.4, -0.2) is 4.98 Å². The first kappa shape index (κ1) is 11.6. The van der Waals surface area contributed by atoms with Gasteiger partial charge in [-0.15, -0.1) is 0 Å². The van der Waals surface area contributed by atoms with Crippen LogP contribution in [0.25, 0.3) is 0 Å². The monoisotopic (exact) mass is 205 g/mol. The number of anilines is 2. The van der Waals surface area contributed by atoms with Crippen LogP contribution in [0.2, 0.25) is 0 Å². The molecular weight excluding hydrogens is 186 g/mol. The fraction of sp³-hybridized carbons (Fsp3) is 0.417. The molecule has 3 heteroatoms. The average molecular weight is 205 g/mol. The molecule has 0 saturated heterocycles. The molecule has 0 fully saturated rings. The van der Waals surface area contributed by atoms with Crippen molar-refractivity contribution in [2.24, 2.45) is 0 Å². The van der Waals surface area contributed by atoms with Crippen molar-refractivity contribution in [3.8, 4) is 0 Å². The summed E-state index contributed by atoms with van der Waals surface area (Å²) in [5.41, 5.74) is 8.97. The molecule has 15 heavy (non-hydrogen) atoms. The number of hydrogen-bond acceptors (Lipinski definition) is 3. The van der Waals surface area contributed by atoms with E-state index in [0.29, 0.717) is 5.82 Å². The van der Waals surface area contributed by atoms with Gasteiger partial charge in [-0.25, -0.2) is 4.98 Å². The fourth-order valence-corrected chi connectivity index (χ4v) is 1.46. The van der Waals surface area contributed by atoms with E-state index in [0.717, 1.165) is 29.8 Å².